The summed E-state index contributed by atoms with van der Waals surface area (Å²) in [4.78, 5) is 14.7. The molecule has 0 aromatic carbocycles. The number of esters is 1. The number of carbonyl (C=O) groups excluding carboxylic acids is 1. The van der Waals surface area contributed by atoms with Gasteiger partial charge in [0.15, 0.2) is 0 Å². The highest BCUT2D eigenvalue weighted by Crippen LogP contribution is 2.14. The van der Waals surface area contributed by atoms with E-state index in [1.54, 1.807) is 0 Å². The minimum Gasteiger partial charge on any atom is -0.466 e. The van der Waals surface area contributed by atoms with Crippen molar-refractivity contribution in [3.05, 3.63) is 24.3 Å². The Bertz CT molecular complexity index is 865. The molecule has 3 N–H and O–H groups in total. The van der Waals surface area contributed by atoms with Crippen molar-refractivity contribution in [1.82, 2.24) is 9.96 Å². The lowest BCUT2D eigenvalue weighted by Crippen LogP contribution is -2.31. The quantitative estimate of drug-likeness (QED) is 0.0275. The molecule has 0 unspecified atom stereocenters. The summed E-state index contributed by atoms with van der Waals surface area (Å²) in [5.74, 6) is -0.0120. The number of ether oxygens (including phenoxy) is 1. The maximum Gasteiger partial charge on any atom is 0.305 e. The van der Waals surface area contributed by atoms with E-state index in [0.717, 1.165) is 64.7 Å². The monoisotopic (exact) mass is 832 g/mol. The van der Waals surface area contributed by atoms with Gasteiger partial charge in [0.05, 0.1) is 6.61 Å². The van der Waals surface area contributed by atoms with E-state index in [9.17, 15) is 10.0 Å². The second kappa shape index (κ2) is 51.1. The summed E-state index contributed by atoms with van der Waals surface area (Å²) in [5.41, 5.74) is 5.93. The summed E-state index contributed by atoms with van der Waals surface area (Å²) in [5, 5.41) is 11.7. The fraction of sp³-hybridized carbons (Fsp3) is 0.906. The molecule has 0 bridgehead atoms. The minimum absolute atomic E-state index is 0.0120. The first-order chi connectivity index (χ1) is 29.1. The van der Waals surface area contributed by atoms with Crippen LogP contribution < -0.4 is 5.73 Å². The molecule has 0 atom stereocenters. The molecule has 0 heterocycles. The Morgan fingerprint density at radius 2 is 0.797 bits per heavy atom. The molecule has 0 amide bonds. The number of hydrogen-bond acceptors (Lipinski definition) is 6. The Balaban J connectivity index is 3.44. The van der Waals surface area contributed by atoms with Crippen LogP contribution in [0.3, 0.4) is 0 Å². The van der Waals surface area contributed by atoms with Gasteiger partial charge in [0.1, 0.15) is 0 Å². The Labute approximate surface area is 369 Å². The van der Waals surface area contributed by atoms with Gasteiger partial charge in [-0.25, -0.2) is 0 Å². The molecule has 0 aromatic heterocycles. The Hall–Kier alpha value is -1.21. The molecule has 0 spiro atoms. The van der Waals surface area contributed by atoms with Gasteiger partial charge >= 0.3 is 5.97 Å². The van der Waals surface area contributed by atoms with E-state index in [2.05, 4.69) is 43.1 Å². The van der Waals surface area contributed by atoms with E-state index in [4.69, 9.17) is 10.5 Å². The number of hydroxylamine groups is 2. The lowest BCUT2D eigenvalue weighted by Gasteiger charge is -2.21. The maximum atomic E-state index is 12.1. The highest BCUT2D eigenvalue weighted by atomic mass is 16.5. The second-order valence-electron chi connectivity index (χ2n) is 18.0. The van der Waals surface area contributed by atoms with E-state index in [-0.39, 0.29) is 5.97 Å². The zero-order valence-electron chi connectivity index (χ0n) is 40.1. The zero-order valence-corrected chi connectivity index (χ0v) is 40.1. The van der Waals surface area contributed by atoms with Crippen LogP contribution in [0.15, 0.2) is 24.3 Å². The van der Waals surface area contributed by atoms with Crippen LogP contribution in [-0.2, 0) is 9.53 Å². The topological polar surface area (TPSA) is 79.0 Å². The first-order valence-corrected chi connectivity index (χ1v) is 26.5. The van der Waals surface area contributed by atoms with Gasteiger partial charge in [0.25, 0.3) is 0 Å². The van der Waals surface area contributed by atoms with Gasteiger partial charge in [0, 0.05) is 32.6 Å². The number of unbranched alkanes of at least 4 members (excludes halogenated alkanes) is 32. The summed E-state index contributed by atoms with van der Waals surface area (Å²) in [6.45, 7) is 11.0. The van der Waals surface area contributed by atoms with E-state index in [1.165, 1.54) is 224 Å². The molecule has 0 fully saturated rings. The van der Waals surface area contributed by atoms with Crippen LogP contribution in [0, 0.1) is 0 Å². The Morgan fingerprint density at radius 3 is 1.25 bits per heavy atom. The van der Waals surface area contributed by atoms with E-state index < -0.39 is 0 Å². The van der Waals surface area contributed by atoms with Gasteiger partial charge in [-0.05, 0) is 83.7 Å². The molecular formula is C53H105N3O3. The van der Waals surface area contributed by atoms with E-state index in [0.29, 0.717) is 13.0 Å². The number of rotatable bonds is 50. The predicted molar refractivity (Wildman–Crippen MR) is 260 cm³/mol. The third kappa shape index (κ3) is 49.3. The van der Waals surface area contributed by atoms with Gasteiger partial charge in [-0.3, -0.25) is 4.79 Å². The molecule has 6 nitrogen and oxygen atoms in total. The van der Waals surface area contributed by atoms with Crippen LogP contribution in [-0.4, -0.2) is 67.0 Å². The van der Waals surface area contributed by atoms with Crippen molar-refractivity contribution < 1.29 is 14.7 Å². The molecular weight excluding hydrogens is 727 g/mol. The standard InChI is InChI=1S/C53H105N3O3/c1-3-5-7-9-11-13-15-16-17-18-19-20-22-28-34-40-47-55(51-46-54)48-41-35-29-23-21-25-32-38-44-52-59-53(57)45-39-33-27-26-31-37-43-50-56(58)49-42-36-30-24-14-12-10-8-6-4-2/h11,13,16-17,58H,3-10,12,14-15,18-52,54H2,1-2H3/b13-11-,17-16-. The highest BCUT2D eigenvalue weighted by molar-refractivity contribution is 5.69. The van der Waals surface area contributed by atoms with E-state index in [1.807, 2.05) is 0 Å². The summed E-state index contributed by atoms with van der Waals surface area (Å²) >= 11 is 0. The largest absolute Gasteiger partial charge is 0.466 e. The van der Waals surface area contributed by atoms with Gasteiger partial charge in [-0.2, -0.15) is 5.06 Å². The molecule has 0 radical (unpaired) electrons. The van der Waals surface area contributed by atoms with Crippen LogP contribution in [0.2, 0.25) is 0 Å². The number of nitrogens with two attached hydrogens (primary N) is 1. The zero-order chi connectivity index (χ0) is 42.8. The lowest BCUT2D eigenvalue weighted by atomic mass is 10.1. The lowest BCUT2D eigenvalue weighted by molar-refractivity contribution is -0.143. The number of carbonyl (C=O) groups is 1. The summed E-state index contributed by atoms with van der Waals surface area (Å²) < 4.78 is 5.50. The smallest absolute Gasteiger partial charge is 0.305 e. The van der Waals surface area contributed by atoms with Crippen molar-refractivity contribution >= 4 is 5.97 Å². The van der Waals surface area contributed by atoms with Crippen LogP contribution >= 0.6 is 0 Å². The van der Waals surface area contributed by atoms with Gasteiger partial charge < -0.3 is 20.6 Å². The Kier molecular flexibility index (Phi) is 50.1. The maximum absolute atomic E-state index is 12.1. The molecule has 0 aliphatic heterocycles. The molecule has 6 heteroatoms. The Morgan fingerprint density at radius 1 is 0.441 bits per heavy atom. The fourth-order valence-corrected chi connectivity index (χ4v) is 8.12. The van der Waals surface area contributed by atoms with Crippen molar-refractivity contribution in [2.24, 2.45) is 5.73 Å². The van der Waals surface area contributed by atoms with Crippen molar-refractivity contribution in [1.29, 1.82) is 0 Å². The van der Waals surface area contributed by atoms with Crippen LogP contribution in [0.25, 0.3) is 0 Å². The molecule has 0 rings (SSSR count). The normalized spacial score (nSPS) is 12.0. The van der Waals surface area contributed by atoms with Crippen molar-refractivity contribution in [2.75, 3.05) is 45.9 Å². The van der Waals surface area contributed by atoms with Crippen LogP contribution in [0.1, 0.15) is 264 Å². The average molecular weight is 832 g/mol. The van der Waals surface area contributed by atoms with E-state index >= 15 is 0 Å². The van der Waals surface area contributed by atoms with Crippen molar-refractivity contribution in [3.8, 4) is 0 Å². The number of allylic oxidation sites excluding steroid dienone is 4. The van der Waals surface area contributed by atoms with Gasteiger partial charge in [0.2, 0.25) is 0 Å². The summed E-state index contributed by atoms with van der Waals surface area (Å²) in [6, 6.07) is 0. The fourth-order valence-electron chi connectivity index (χ4n) is 8.12. The molecule has 0 aliphatic rings. The van der Waals surface area contributed by atoms with Crippen LogP contribution in [0.4, 0.5) is 0 Å². The average Bonchev–Trinajstić information content (AvgIpc) is 3.23. The molecule has 0 saturated heterocycles. The summed E-state index contributed by atoms with van der Waals surface area (Å²) in [6.07, 6.45) is 58.4. The van der Waals surface area contributed by atoms with Gasteiger partial charge in [-0.1, -0.05) is 212 Å². The molecule has 0 saturated carbocycles. The third-order valence-corrected chi connectivity index (χ3v) is 12.1. The first-order valence-electron chi connectivity index (χ1n) is 26.5. The molecule has 350 valence electrons. The first kappa shape index (κ1) is 57.8. The molecule has 59 heavy (non-hydrogen) atoms. The predicted octanol–water partition coefficient (Wildman–Crippen LogP) is 15.8. The molecule has 0 aliphatic carbocycles. The van der Waals surface area contributed by atoms with Crippen molar-refractivity contribution in [3.63, 3.8) is 0 Å². The third-order valence-electron chi connectivity index (χ3n) is 12.1. The van der Waals surface area contributed by atoms with Gasteiger partial charge in [-0.15, -0.1) is 0 Å². The number of hydrogen-bond donors (Lipinski definition) is 2. The number of nitrogens with zero attached hydrogens (tertiary/aromatic N) is 2. The molecule has 0 aromatic rings. The second-order valence-corrected chi connectivity index (χ2v) is 18.0. The van der Waals surface area contributed by atoms with Crippen LogP contribution in [0.5, 0.6) is 0 Å². The minimum atomic E-state index is -0.0120. The highest BCUT2D eigenvalue weighted by Gasteiger charge is 2.06. The summed E-state index contributed by atoms with van der Waals surface area (Å²) in [7, 11) is 0. The van der Waals surface area contributed by atoms with Crippen molar-refractivity contribution in [2.45, 2.75) is 264 Å². The SMILES string of the molecule is CCCCC/C=C\C/C=C\CCCCCCCCN(CCN)CCCCCCCCCCCOC(=O)CCCCCCCCCN(O)CCCCCCCCCCCC.